The molecule has 0 saturated heterocycles. The lowest BCUT2D eigenvalue weighted by Gasteiger charge is -2.07. The maximum Gasteiger partial charge on any atom is 0.236 e. The van der Waals surface area contributed by atoms with Crippen LogP contribution in [0, 0.1) is 0 Å². The molecular formula is C19H16N4. The number of aromatic nitrogens is 3. The summed E-state index contributed by atoms with van der Waals surface area (Å²) in [5.74, 6) is 1.54. The first kappa shape index (κ1) is 13.5. The van der Waals surface area contributed by atoms with Crippen LogP contribution in [0.15, 0.2) is 79.1 Å². The SMILES string of the molecule is c1ccc(CNc2nc3ncccn3c2-c2ccccc2)cc1. The second kappa shape index (κ2) is 5.93. The van der Waals surface area contributed by atoms with Crippen molar-refractivity contribution in [2.45, 2.75) is 6.54 Å². The average Bonchev–Trinajstić information content (AvgIpc) is 3.00. The van der Waals surface area contributed by atoms with Crippen molar-refractivity contribution in [3.05, 3.63) is 84.7 Å². The van der Waals surface area contributed by atoms with Gasteiger partial charge < -0.3 is 5.32 Å². The first-order chi connectivity index (χ1) is 11.4. The molecule has 0 fully saturated rings. The van der Waals surface area contributed by atoms with E-state index in [4.69, 9.17) is 0 Å². The van der Waals surface area contributed by atoms with E-state index in [-0.39, 0.29) is 0 Å². The molecule has 0 aliphatic carbocycles. The Balaban J connectivity index is 1.76. The zero-order chi connectivity index (χ0) is 15.5. The summed E-state index contributed by atoms with van der Waals surface area (Å²) < 4.78 is 2.02. The third-order valence-electron chi connectivity index (χ3n) is 3.75. The minimum Gasteiger partial charge on any atom is -0.364 e. The summed E-state index contributed by atoms with van der Waals surface area (Å²) in [6, 6.07) is 22.5. The van der Waals surface area contributed by atoms with Gasteiger partial charge in [0.15, 0.2) is 5.82 Å². The molecular weight excluding hydrogens is 284 g/mol. The van der Waals surface area contributed by atoms with Gasteiger partial charge in [0, 0.05) is 24.5 Å². The van der Waals surface area contributed by atoms with E-state index in [9.17, 15) is 0 Å². The van der Waals surface area contributed by atoms with Crippen LogP contribution in [-0.4, -0.2) is 14.4 Å². The van der Waals surface area contributed by atoms with Crippen LogP contribution in [0.2, 0.25) is 0 Å². The van der Waals surface area contributed by atoms with E-state index in [1.54, 1.807) is 6.20 Å². The molecule has 0 unspecified atom stereocenters. The zero-order valence-electron chi connectivity index (χ0n) is 12.6. The lowest BCUT2D eigenvalue weighted by atomic mass is 10.1. The molecule has 0 bridgehead atoms. The number of imidazole rings is 1. The van der Waals surface area contributed by atoms with Gasteiger partial charge >= 0.3 is 0 Å². The first-order valence-corrected chi connectivity index (χ1v) is 7.58. The number of anilines is 1. The largest absolute Gasteiger partial charge is 0.364 e. The third-order valence-corrected chi connectivity index (χ3v) is 3.75. The fourth-order valence-electron chi connectivity index (χ4n) is 2.66. The molecule has 0 saturated carbocycles. The molecule has 2 aromatic carbocycles. The standard InChI is InChI=1S/C19H16N4/c1-3-8-15(9-4-1)14-21-18-17(16-10-5-2-6-11-16)23-13-7-12-20-19(23)22-18/h1-13,21H,14H2. The zero-order valence-corrected chi connectivity index (χ0v) is 12.6. The Labute approximate surface area is 134 Å². The molecule has 4 heteroatoms. The normalized spacial score (nSPS) is 10.8. The number of nitrogens with one attached hydrogen (secondary N) is 1. The lowest BCUT2D eigenvalue weighted by molar-refractivity contribution is 1.11. The molecule has 112 valence electrons. The van der Waals surface area contributed by atoms with E-state index in [1.165, 1.54) is 5.56 Å². The van der Waals surface area contributed by atoms with Crippen molar-refractivity contribution in [2.75, 3.05) is 5.32 Å². The van der Waals surface area contributed by atoms with E-state index in [1.807, 2.05) is 53.1 Å². The van der Waals surface area contributed by atoms with Crippen molar-refractivity contribution in [3.63, 3.8) is 0 Å². The van der Waals surface area contributed by atoms with Crippen LogP contribution in [0.4, 0.5) is 5.82 Å². The Bertz CT molecular complexity index is 914. The molecule has 4 nitrogen and oxygen atoms in total. The van der Waals surface area contributed by atoms with Crippen molar-refractivity contribution in [2.24, 2.45) is 0 Å². The maximum atomic E-state index is 4.64. The van der Waals surface area contributed by atoms with Crippen LogP contribution < -0.4 is 5.32 Å². The van der Waals surface area contributed by atoms with Gasteiger partial charge in [0.25, 0.3) is 0 Å². The summed E-state index contributed by atoms with van der Waals surface area (Å²) in [4.78, 5) is 9.00. The Hall–Kier alpha value is -3.14. The van der Waals surface area contributed by atoms with Crippen molar-refractivity contribution in [1.29, 1.82) is 0 Å². The number of nitrogens with zero attached hydrogens (tertiary/aromatic N) is 3. The predicted molar refractivity (Wildman–Crippen MR) is 92.2 cm³/mol. The van der Waals surface area contributed by atoms with Crippen molar-refractivity contribution in [1.82, 2.24) is 14.4 Å². The van der Waals surface area contributed by atoms with Gasteiger partial charge in [-0.3, -0.25) is 4.40 Å². The van der Waals surface area contributed by atoms with Crippen molar-refractivity contribution in [3.8, 4) is 11.3 Å². The summed E-state index contributed by atoms with van der Waals surface area (Å²) in [7, 11) is 0. The predicted octanol–water partition coefficient (Wildman–Crippen LogP) is 4.01. The molecule has 0 amide bonds. The second-order valence-electron chi connectivity index (χ2n) is 5.30. The highest BCUT2D eigenvalue weighted by Crippen LogP contribution is 2.28. The Kier molecular flexibility index (Phi) is 3.48. The van der Waals surface area contributed by atoms with Crippen LogP contribution in [0.3, 0.4) is 0 Å². The molecule has 0 spiro atoms. The highest BCUT2D eigenvalue weighted by Gasteiger charge is 2.14. The van der Waals surface area contributed by atoms with Crippen molar-refractivity contribution >= 4 is 11.6 Å². The minimum absolute atomic E-state index is 0.696. The Morgan fingerprint density at radius 3 is 2.39 bits per heavy atom. The molecule has 1 N–H and O–H groups in total. The summed E-state index contributed by atoms with van der Waals surface area (Å²) in [5, 5.41) is 3.45. The second-order valence-corrected chi connectivity index (χ2v) is 5.30. The van der Waals surface area contributed by atoms with Gasteiger partial charge in [-0.15, -0.1) is 0 Å². The molecule has 0 atom stereocenters. The quantitative estimate of drug-likeness (QED) is 0.619. The first-order valence-electron chi connectivity index (χ1n) is 7.58. The number of rotatable bonds is 4. The van der Waals surface area contributed by atoms with E-state index in [0.717, 1.165) is 23.6 Å². The average molecular weight is 300 g/mol. The van der Waals surface area contributed by atoms with E-state index >= 15 is 0 Å². The van der Waals surface area contributed by atoms with E-state index < -0.39 is 0 Å². The molecule has 0 radical (unpaired) electrons. The van der Waals surface area contributed by atoms with Crippen LogP contribution in [-0.2, 0) is 6.54 Å². The topological polar surface area (TPSA) is 42.2 Å². The van der Waals surface area contributed by atoms with Gasteiger partial charge in [-0.05, 0) is 11.6 Å². The third kappa shape index (κ3) is 2.66. The number of benzene rings is 2. The highest BCUT2D eigenvalue weighted by molar-refractivity contribution is 5.75. The summed E-state index contributed by atoms with van der Waals surface area (Å²) in [6.07, 6.45) is 3.75. The van der Waals surface area contributed by atoms with E-state index in [0.29, 0.717) is 5.78 Å². The molecule has 2 aromatic heterocycles. The smallest absolute Gasteiger partial charge is 0.236 e. The fourth-order valence-corrected chi connectivity index (χ4v) is 2.66. The summed E-state index contributed by atoms with van der Waals surface area (Å²) in [5.41, 5.74) is 3.37. The molecule has 2 heterocycles. The van der Waals surface area contributed by atoms with Crippen LogP contribution in [0.1, 0.15) is 5.56 Å². The Morgan fingerprint density at radius 2 is 1.61 bits per heavy atom. The van der Waals surface area contributed by atoms with E-state index in [2.05, 4.69) is 39.6 Å². The molecule has 0 aliphatic heterocycles. The molecule has 4 rings (SSSR count). The molecule has 4 aromatic rings. The molecule has 0 aliphatic rings. The van der Waals surface area contributed by atoms with Gasteiger partial charge in [-0.25, -0.2) is 4.98 Å². The van der Waals surface area contributed by atoms with Gasteiger partial charge in [0.05, 0.1) is 5.69 Å². The van der Waals surface area contributed by atoms with Crippen molar-refractivity contribution < 1.29 is 0 Å². The van der Waals surface area contributed by atoms with Gasteiger partial charge in [0.2, 0.25) is 5.78 Å². The minimum atomic E-state index is 0.696. The lowest BCUT2D eigenvalue weighted by Crippen LogP contribution is -2.01. The van der Waals surface area contributed by atoms with Crippen LogP contribution in [0.25, 0.3) is 17.0 Å². The number of fused-ring (bicyclic) bond motifs is 1. The van der Waals surface area contributed by atoms with Gasteiger partial charge in [-0.2, -0.15) is 4.98 Å². The van der Waals surface area contributed by atoms with Crippen LogP contribution in [0.5, 0.6) is 0 Å². The van der Waals surface area contributed by atoms with Gasteiger partial charge in [0.1, 0.15) is 0 Å². The van der Waals surface area contributed by atoms with Crippen LogP contribution >= 0.6 is 0 Å². The Morgan fingerprint density at radius 1 is 0.870 bits per heavy atom. The maximum absolute atomic E-state index is 4.64. The molecule has 23 heavy (non-hydrogen) atoms. The summed E-state index contributed by atoms with van der Waals surface area (Å²) in [6.45, 7) is 0.727. The summed E-state index contributed by atoms with van der Waals surface area (Å²) >= 11 is 0. The fraction of sp³-hybridized carbons (Fsp3) is 0.0526. The number of hydrogen-bond donors (Lipinski definition) is 1. The highest BCUT2D eigenvalue weighted by atomic mass is 15.2. The number of hydrogen-bond acceptors (Lipinski definition) is 3. The van der Waals surface area contributed by atoms with Gasteiger partial charge in [-0.1, -0.05) is 60.7 Å². The monoisotopic (exact) mass is 300 g/mol.